The summed E-state index contributed by atoms with van der Waals surface area (Å²) in [5.74, 6) is 1.25. The molecule has 1 aliphatic heterocycles. The maximum Gasteiger partial charge on any atom is 0.163 e. The molecule has 0 fully saturated rings. The number of nitrogens with one attached hydrogen (secondary N) is 1. The summed E-state index contributed by atoms with van der Waals surface area (Å²) in [6.45, 7) is 5.64. The van der Waals surface area contributed by atoms with E-state index in [4.69, 9.17) is 9.47 Å². The van der Waals surface area contributed by atoms with Crippen molar-refractivity contribution in [2.45, 2.75) is 26.4 Å². The molecule has 1 aromatic heterocycles. The lowest BCUT2D eigenvalue weighted by Gasteiger charge is -2.18. The summed E-state index contributed by atoms with van der Waals surface area (Å²) >= 11 is 0. The molecule has 4 rings (SSSR count). The first kappa shape index (κ1) is 17.6. The van der Waals surface area contributed by atoms with Crippen LogP contribution in [0.1, 0.15) is 36.7 Å². The van der Waals surface area contributed by atoms with Gasteiger partial charge in [0.2, 0.25) is 0 Å². The highest BCUT2D eigenvalue weighted by Crippen LogP contribution is 2.37. The molecule has 2 aromatic carbocycles. The van der Waals surface area contributed by atoms with Crippen LogP contribution in [0.25, 0.3) is 5.69 Å². The molecule has 0 aliphatic carbocycles. The van der Waals surface area contributed by atoms with Gasteiger partial charge in [-0.1, -0.05) is 18.2 Å². The minimum absolute atomic E-state index is 0.210. The topological polar surface area (TPSA) is 35.4 Å². The van der Waals surface area contributed by atoms with Crippen LogP contribution in [0, 0.1) is 5.82 Å². The fraction of sp³-hybridized carbons (Fsp3) is 0.273. The van der Waals surface area contributed by atoms with E-state index in [0.717, 1.165) is 28.4 Å². The number of rotatable bonds is 5. The molecule has 140 valence electrons. The minimum Gasteiger partial charge on any atom is -0.490 e. The van der Waals surface area contributed by atoms with Crippen molar-refractivity contribution in [3.63, 3.8) is 0 Å². The Bertz CT molecular complexity index is 951. The third-order valence-corrected chi connectivity index (χ3v) is 4.79. The zero-order valence-electron chi connectivity index (χ0n) is 15.5. The molecule has 0 bridgehead atoms. The van der Waals surface area contributed by atoms with E-state index in [-0.39, 0.29) is 11.9 Å². The van der Waals surface area contributed by atoms with Gasteiger partial charge in [-0.2, -0.15) is 0 Å². The Hall–Kier alpha value is -2.79. The van der Waals surface area contributed by atoms with Crippen LogP contribution in [0.4, 0.5) is 4.39 Å². The van der Waals surface area contributed by atoms with E-state index in [0.29, 0.717) is 25.3 Å². The second-order valence-electron chi connectivity index (χ2n) is 6.43. The first-order valence-electron chi connectivity index (χ1n) is 9.30. The van der Waals surface area contributed by atoms with Gasteiger partial charge in [0.25, 0.3) is 0 Å². The van der Waals surface area contributed by atoms with E-state index in [1.165, 1.54) is 6.07 Å². The van der Waals surface area contributed by atoms with Crippen LogP contribution in [0.2, 0.25) is 0 Å². The molecular formula is C22H23FN2O2. The van der Waals surface area contributed by atoms with Gasteiger partial charge in [-0.05, 0) is 43.7 Å². The largest absolute Gasteiger partial charge is 0.490 e. The molecule has 3 aromatic rings. The van der Waals surface area contributed by atoms with Gasteiger partial charge < -0.3 is 19.4 Å². The third kappa shape index (κ3) is 3.19. The van der Waals surface area contributed by atoms with Crippen molar-refractivity contribution in [3.8, 4) is 17.2 Å². The molecule has 1 atom stereocenters. The Labute approximate surface area is 158 Å². The Morgan fingerprint density at radius 1 is 1.04 bits per heavy atom. The summed E-state index contributed by atoms with van der Waals surface area (Å²) < 4.78 is 28.2. The maximum atomic E-state index is 14.5. The van der Waals surface area contributed by atoms with Crippen LogP contribution in [0.3, 0.4) is 0 Å². The standard InChI is InChI=1S/C22H23FN2O2/c1-3-26-20-12-15-14-24-22(16-8-5-6-9-17(16)23)18-10-7-11-25(18)19(15)13-21(20)27-4-2/h5-13,22,24H,3-4,14H2,1-2H3. The smallest absolute Gasteiger partial charge is 0.163 e. The summed E-state index contributed by atoms with van der Waals surface area (Å²) in [5, 5.41) is 3.50. The molecule has 0 saturated heterocycles. The first-order valence-corrected chi connectivity index (χ1v) is 9.30. The number of benzene rings is 2. The Morgan fingerprint density at radius 3 is 2.52 bits per heavy atom. The maximum absolute atomic E-state index is 14.5. The molecule has 4 nitrogen and oxygen atoms in total. The molecule has 0 amide bonds. The monoisotopic (exact) mass is 366 g/mol. The summed E-state index contributed by atoms with van der Waals surface area (Å²) in [4.78, 5) is 0. The van der Waals surface area contributed by atoms with E-state index in [1.807, 2.05) is 56.4 Å². The summed E-state index contributed by atoms with van der Waals surface area (Å²) in [6, 6.07) is 14.7. The number of nitrogens with zero attached hydrogens (tertiary/aromatic N) is 1. The number of hydrogen-bond acceptors (Lipinski definition) is 3. The van der Waals surface area contributed by atoms with Crippen LogP contribution >= 0.6 is 0 Å². The predicted octanol–water partition coefficient (Wildman–Crippen LogP) is 4.61. The zero-order valence-corrected chi connectivity index (χ0v) is 15.5. The molecule has 0 spiro atoms. The van der Waals surface area contributed by atoms with Crippen molar-refractivity contribution < 1.29 is 13.9 Å². The number of hydrogen-bond donors (Lipinski definition) is 1. The molecular weight excluding hydrogens is 343 g/mol. The van der Waals surface area contributed by atoms with Crippen molar-refractivity contribution >= 4 is 0 Å². The lowest BCUT2D eigenvalue weighted by atomic mass is 10.0. The van der Waals surface area contributed by atoms with E-state index < -0.39 is 0 Å². The summed E-state index contributed by atoms with van der Waals surface area (Å²) in [7, 11) is 0. The van der Waals surface area contributed by atoms with Gasteiger partial charge in [-0.3, -0.25) is 0 Å². The molecule has 1 N–H and O–H groups in total. The number of fused-ring (bicyclic) bond motifs is 3. The minimum atomic E-state index is -0.236. The van der Waals surface area contributed by atoms with Gasteiger partial charge in [0.1, 0.15) is 5.82 Å². The van der Waals surface area contributed by atoms with E-state index >= 15 is 0 Å². The van der Waals surface area contributed by atoms with Gasteiger partial charge in [-0.15, -0.1) is 0 Å². The molecule has 1 aliphatic rings. The van der Waals surface area contributed by atoms with E-state index in [2.05, 4.69) is 9.88 Å². The van der Waals surface area contributed by atoms with Gasteiger partial charge in [-0.25, -0.2) is 4.39 Å². The Morgan fingerprint density at radius 2 is 1.78 bits per heavy atom. The first-order chi connectivity index (χ1) is 13.2. The second kappa shape index (κ2) is 7.45. The average Bonchev–Trinajstić information content (AvgIpc) is 3.09. The van der Waals surface area contributed by atoms with Gasteiger partial charge >= 0.3 is 0 Å². The molecule has 27 heavy (non-hydrogen) atoms. The highest BCUT2D eigenvalue weighted by Gasteiger charge is 2.26. The quantitative estimate of drug-likeness (QED) is 0.716. The number of halogens is 1. The van der Waals surface area contributed by atoms with Crippen molar-refractivity contribution in [2.75, 3.05) is 13.2 Å². The average molecular weight is 366 g/mol. The number of aromatic nitrogens is 1. The van der Waals surface area contributed by atoms with Crippen LogP contribution in [0.5, 0.6) is 11.5 Å². The van der Waals surface area contributed by atoms with Crippen LogP contribution in [-0.4, -0.2) is 17.8 Å². The lowest BCUT2D eigenvalue weighted by molar-refractivity contribution is 0.287. The highest BCUT2D eigenvalue weighted by molar-refractivity contribution is 5.56. The highest BCUT2D eigenvalue weighted by atomic mass is 19.1. The predicted molar refractivity (Wildman–Crippen MR) is 103 cm³/mol. The van der Waals surface area contributed by atoms with E-state index in [9.17, 15) is 4.39 Å². The van der Waals surface area contributed by atoms with E-state index in [1.54, 1.807) is 6.07 Å². The lowest BCUT2D eigenvalue weighted by Crippen LogP contribution is -2.22. The third-order valence-electron chi connectivity index (χ3n) is 4.79. The van der Waals surface area contributed by atoms with Gasteiger partial charge in [0.15, 0.2) is 11.5 Å². The molecule has 5 heteroatoms. The van der Waals surface area contributed by atoms with Gasteiger partial charge in [0, 0.05) is 30.1 Å². The summed E-state index contributed by atoms with van der Waals surface area (Å²) in [5.41, 5.74) is 3.73. The summed E-state index contributed by atoms with van der Waals surface area (Å²) in [6.07, 6.45) is 2.01. The fourth-order valence-electron chi connectivity index (χ4n) is 3.64. The molecule has 0 saturated carbocycles. The van der Waals surface area contributed by atoms with Crippen LogP contribution < -0.4 is 14.8 Å². The second-order valence-corrected chi connectivity index (χ2v) is 6.43. The van der Waals surface area contributed by atoms with Crippen molar-refractivity contribution in [2.24, 2.45) is 0 Å². The molecule has 2 heterocycles. The fourth-order valence-corrected chi connectivity index (χ4v) is 3.64. The van der Waals surface area contributed by atoms with Crippen molar-refractivity contribution in [1.82, 2.24) is 9.88 Å². The Balaban J connectivity index is 1.84. The SMILES string of the molecule is CCOc1cc2c(cc1OCC)-n1cccc1C(c1ccccc1F)NC2. The van der Waals surface area contributed by atoms with Crippen molar-refractivity contribution in [3.05, 3.63) is 77.4 Å². The molecule has 1 unspecified atom stereocenters. The van der Waals surface area contributed by atoms with Gasteiger partial charge in [0.05, 0.1) is 24.9 Å². The van der Waals surface area contributed by atoms with Crippen LogP contribution in [-0.2, 0) is 6.54 Å². The van der Waals surface area contributed by atoms with Crippen molar-refractivity contribution in [1.29, 1.82) is 0 Å². The Kier molecular flexibility index (Phi) is 4.86. The zero-order chi connectivity index (χ0) is 18.8. The van der Waals surface area contributed by atoms with Crippen LogP contribution in [0.15, 0.2) is 54.7 Å². The normalized spacial score (nSPS) is 15.6. The number of ether oxygens (including phenoxy) is 2. The molecule has 0 radical (unpaired) electrons.